The van der Waals surface area contributed by atoms with E-state index in [1.165, 1.54) is 16.9 Å². The zero-order valence-electron chi connectivity index (χ0n) is 13.4. The van der Waals surface area contributed by atoms with E-state index in [1.807, 2.05) is 0 Å². The van der Waals surface area contributed by atoms with Crippen molar-refractivity contribution in [1.29, 1.82) is 0 Å². The van der Waals surface area contributed by atoms with Crippen molar-refractivity contribution in [2.75, 3.05) is 6.54 Å². The number of nitrogens with one attached hydrogen (secondary N) is 2. The summed E-state index contributed by atoms with van der Waals surface area (Å²) in [5.74, 6) is -0.962. The number of aromatic nitrogens is 2. The van der Waals surface area contributed by atoms with Crippen LogP contribution in [0.2, 0.25) is 0 Å². The highest BCUT2D eigenvalue weighted by molar-refractivity contribution is 5.98. The van der Waals surface area contributed by atoms with Crippen molar-refractivity contribution in [3.8, 4) is 5.69 Å². The Bertz CT molecular complexity index is 772. The maximum atomic E-state index is 13.9. The molecule has 1 saturated heterocycles. The average Bonchev–Trinajstić information content (AvgIpc) is 2.83. The number of rotatable bonds is 3. The second-order valence-corrected chi connectivity index (χ2v) is 5.82. The SMILES string of the molecule is Cc1c(C(=O)N[C@@H]2CCCCNC2=O)cnn1-c1ccccc1F. The first kappa shape index (κ1) is 16.2. The van der Waals surface area contributed by atoms with Crippen LogP contribution in [0.3, 0.4) is 0 Å². The molecule has 1 aromatic carbocycles. The van der Waals surface area contributed by atoms with Crippen molar-refractivity contribution in [1.82, 2.24) is 20.4 Å². The molecule has 2 N–H and O–H groups in total. The Morgan fingerprint density at radius 2 is 2.17 bits per heavy atom. The summed E-state index contributed by atoms with van der Waals surface area (Å²) < 4.78 is 15.3. The first-order chi connectivity index (χ1) is 11.6. The molecule has 1 aliphatic heterocycles. The summed E-state index contributed by atoms with van der Waals surface area (Å²) in [6.07, 6.45) is 3.78. The minimum atomic E-state index is -0.545. The number of hydrogen-bond acceptors (Lipinski definition) is 3. The smallest absolute Gasteiger partial charge is 0.255 e. The molecule has 1 aliphatic rings. The zero-order chi connectivity index (χ0) is 17.1. The van der Waals surface area contributed by atoms with Gasteiger partial charge in [-0.25, -0.2) is 9.07 Å². The summed E-state index contributed by atoms with van der Waals surface area (Å²) in [7, 11) is 0. The van der Waals surface area contributed by atoms with E-state index in [2.05, 4.69) is 15.7 Å². The van der Waals surface area contributed by atoms with Gasteiger partial charge < -0.3 is 10.6 Å². The molecular formula is C17H19FN4O2. The van der Waals surface area contributed by atoms with E-state index in [0.717, 1.165) is 12.8 Å². The van der Waals surface area contributed by atoms with Gasteiger partial charge in [0.1, 0.15) is 17.5 Å². The normalized spacial score (nSPS) is 17.9. The van der Waals surface area contributed by atoms with E-state index < -0.39 is 11.9 Å². The highest BCUT2D eigenvalue weighted by Gasteiger charge is 2.25. The van der Waals surface area contributed by atoms with Crippen LogP contribution in [0.15, 0.2) is 30.5 Å². The van der Waals surface area contributed by atoms with Gasteiger partial charge in [-0.05, 0) is 38.3 Å². The number of carbonyl (C=O) groups excluding carboxylic acids is 2. The fourth-order valence-electron chi connectivity index (χ4n) is 2.81. The lowest BCUT2D eigenvalue weighted by molar-refractivity contribution is -0.122. The van der Waals surface area contributed by atoms with E-state index >= 15 is 0 Å². The Balaban J connectivity index is 1.81. The molecule has 1 atom stereocenters. The summed E-state index contributed by atoms with van der Waals surface area (Å²) in [4.78, 5) is 24.4. The fraction of sp³-hybridized carbons (Fsp3) is 0.353. The zero-order valence-corrected chi connectivity index (χ0v) is 13.4. The van der Waals surface area contributed by atoms with Crippen LogP contribution in [-0.2, 0) is 4.79 Å². The molecule has 0 unspecified atom stereocenters. The van der Waals surface area contributed by atoms with Gasteiger partial charge in [0.25, 0.3) is 5.91 Å². The van der Waals surface area contributed by atoms with Crippen LogP contribution in [0.25, 0.3) is 5.69 Å². The molecule has 0 aliphatic carbocycles. The monoisotopic (exact) mass is 330 g/mol. The Labute approximate surface area is 139 Å². The van der Waals surface area contributed by atoms with Gasteiger partial charge in [-0.2, -0.15) is 5.10 Å². The molecule has 1 fully saturated rings. The number of hydrogen-bond donors (Lipinski definition) is 2. The molecule has 2 amide bonds. The molecule has 2 heterocycles. The number of benzene rings is 1. The minimum absolute atomic E-state index is 0.167. The second-order valence-electron chi connectivity index (χ2n) is 5.82. The van der Waals surface area contributed by atoms with Crippen molar-refractivity contribution in [2.24, 2.45) is 0 Å². The molecule has 126 valence electrons. The van der Waals surface area contributed by atoms with Crippen molar-refractivity contribution >= 4 is 11.8 Å². The van der Waals surface area contributed by atoms with Gasteiger partial charge in [-0.15, -0.1) is 0 Å². The first-order valence-corrected chi connectivity index (χ1v) is 7.96. The summed E-state index contributed by atoms with van der Waals surface area (Å²) in [5, 5.41) is 9.64. The Kier molecular flexibility index (Phi) is 4.59. The number of carbonyl (C=O) groups is 2. The third-order valence-corrected chi connectivity index (χ3v) is 4.18. The summed E-state index contributed by atoms with van der Waals surface area (Å²) in [6, 6.07) is 5.68. The summed E-state index contributed by atoms with van der Waals surface area (Å²) >= 11 is 0. The molecular weight excluding hydrogens is 311 g/mol. The van der Waals surface area contributed by atoms with Gasteiger partial charge in [-0.1, -0.05) is 12.1 Å². The van der Waals surface area contributed by atoms with E-state index in [4.69, 9.17) is 0 Å². The van der Waals surface area contributed by atoms with Gasteiger partial charge in [0.05, 0.1) is 17.5 Å². The van der Waals surface area contributed by atoms with Crippen molar-refractivity contribution in [3.63, 3.8) is 0 Å². The maximum Gasteiger partial charge on any atom is 0.255 e. The molecule has 2 aromatic rings. The highest BCUT2D eigenvalue weighted by Crippen LogP contribution is 2.17. The predicted molar refractivity (Wildman–Crippen MR) is 86.4 cm³/mol. The van der Waals surface area contributed by atoms with Crippen molar-refractivity contribution < 1.29 is 14.0 Å². The summed E-state index contributed by atoms with van der Waals surface area (Å²) in [5.41, 5.74) is 1.13. The van der Waals surface area contributed by atoms with Crippen LogP contribution in [0.4, 0.5) is 4.39 Å². The van der Waals surface area contributed by atoms with E-state index in [-0.39, 0.29) is 17.5 Å². The van der Waals surface area contributed by atoms with Crippen LogP contribution in [-0.4, -0.2) is 34.2 Å². The van der Waals surface area contributed by atoms with E-state index in [0.29, 0.717) is 24.2 Å². The Morgan fingerprint density at radius 3 is 2.96 bits per heavy atom. The van der Waals surface area contributed by atoms with Crippen molar-refractivity contribution in [2.45, 2.75) is 32.2 Å². The molecule has 6 nitrogen and oxygen atoms in total. The number of nitrogens with zero attached hydrogens (tertiary/aromatic N) is 2. The molecule has 3 rings (SSSR count). The van der Waals surface area contributed by atoms with Crippen LogP contribution in [0.5, 0.6) is 0 Å². The highest BCUT2D eigenvalue weighted by atomic mass is 19.1. The molecule has 1 aromatic heterocycles. The fourth-order valence-corrected chi connectivity index (χ4v) is 2.81. The minimum Gasteiger partial charge on any atom is -0.354 e. The lowest BCUT2D eigenvalue weighted by atomic mass is 10.1. The Morgan fingerprint density at radius 1 is 1.38 bits per heavy atom. The third-order valence-electron chi connectivity index (χ3n) is 4.18. The van der Waals surface area contributed by atoms with Crippen LogP contribution in [0, 0.1) is 12.7 Å². The van der Waals surface area contributed by atoms with Crippen LogP contribution in [0.1, 0.15) is 35.3 Å². The van der Waals surface area contributed by atoms with Gasteiger partial charge in [0.2, 0.25) is 5.91 Å². The average molecular weight is 330 g/mol. The van der Waals surface area contributed by atoms with Crippen molar-refractivity contribution in [3.05, 3.63) is 47.5 Å². The van der Waals surface area contributed by atoms with Crippen LogP contribution >= 0.6 is 0 Å². The third kappa shape index (κ3) is 3.15. The maximum absolute atomic E-state index is 13.9. The number of halogens is 1. The number of amides is 2. The topological polar surface area (TPSA) is 76.0 Å². The lowest BCUT2D eigenvalue weighted by Crippen LogP contribution is -2.45. The summed E-state index contributed by atoms with van der Waals surface area (Å²) in [6.45, 7) is 2.33. The largest absolute Gasteiger partial charge is 0.354 e. The van der Waals surface area contributed by atoms with Gasteiger partial charge in [0.15, 0.2) is 0 Å². The molecule has 24 heavy (non-hydrogen) atoms. The van der Waals surface area contributed by atoms with Gasteiger partial charge >= 0.3 is 0 Å². The molecule has 0 spiro atoms. The molecule has 7 heteroatoms. The quantitative estimate of drug-likeness (QED) is 0.900. The molecule has 0 saturated carbocycles. The van der Waals surface area contributed by atoms with E-state index in [9.17, 15) is 14.0 Å². The van der Waals surface area contributed by atoms with Gasteiger partial charge in [-0.3, -0.25) is 9.59 Å². The lowest BCUT2D eigenvalue weighted by Gasteiger charge is -2.15. The van der Waals surface area contributed by atoms with E-state index in [1.54, 1.807) is 25.1 Å². The molecule has 0 bridgehead atoms. The van der Waals surface area contributed by atoms with Gasteiger partial charge in [0, 0.05) is 6.54 Å². The standard InChI is InChI=1S/C17H19FN4O2/c1-11-12(10-20-22(11)15-8-3-2-6-13(15)18)16(23)21-14-7-4-5-9-19-17(14)24/h2-3,6,8,10,14H,4-5,7,9H2,1H3,(H,19,24)(H,21,23)/t14-/m1/s1. The number of para-hydroxylation sites is 1. The molecule has 0 radical (unpaired) electrons. The predicted octanol–water partition coefficient (Wildman–Crippen LogP) is 1.72. The van der Waals surface area contributed by atoms with Crippen LogP contribution < -0.4 is 10.6 Å². The first-order valence-electron chi connectivity index (χ1n) is 7.96. The second kappa shape index (κ2) is 6.82. The Hall–Kier alpha value is -2.70.